The topological polar surface area (TPSA) is 104 Å². The Bertz CT molecular complexity index is 649. The lowest BCUT2D eigenvalue weighted by molar-refractivity contribution is -0.151. The van der Waals surface area contributed by atoms with Gasteiger partial charge in [0.2, 0.25) is 18.3 Å². The second-order valence-electron chi connectivity index (χ2n) is 5.53. The highest BCUT2D eigenvalue weighted by Crippen LogP contribution is 2.31. The number of hydrogen-bond acceptors (Lipinski definition) is 7. The van der Waals surface area contributed by atoms with Gasteiger partial charge in [-0.05, 0) is 12.1 Å². The van der Waals surface area contributed by atoms with Crippen LogP contribution in [0.25, 0.3) is 0 Å². The minimum Gasteiger partial charge on any atom is -0.468 e. The molecule has 2 aliphatic rings. The van der Waals surface area contributed by atoms with Crippen molar-refractivity contribution in [3.63, 3.8) is 0 Å². The molecule has 24 heavy (non-hydrogen) atoms. The van der Waals surface area contributed by atoms with Gasteiger partial charge in [-0.25, -0.2) is 4.99 Å². The Labute approximate surface area is 138 Å². The minimum absolute atomic E-state index is 0.382. The number of esters is 1. The van der Waals surface area contributed by atoms with Crippen molar-refractivity contribution >= 4 is 24.2 Å². The fraction of sp³-hybridized carbons (Fsp3) is 0.467. The minimum atomic E-state index is -1.10. The van der Waals surface area contributed by atoms with E-state index in [-0.39, 0.29) is 0 Å². The van der Waals surface area contributed by atoms with Crippen LogP contribution < -0.4 is 5.32 Å². The first kappa shape index (κ1) is 16.0. The van der Waals surface area contributed by atoms with E-state index in [0.29, 0.717) is 37.9 Å². The molecule has 2 amide bonds. The number of hydrogen-bond donors (Lipinski definition) is 1. The maximum atomic E-state index is 12.4. The highest BCUT2D eigenvalue weighted by atomic mass is 16.5. The number of carbonyl (C=O) groups is 3. The molecular formula is C15H18N4O5. The zero-order valence-electron chi connectivity index (χ0n) is 13.2. The highest BCUT2D eigenvalue weighted by molar-refractivity contribution is 6.08. The molecule has 2 atom stereocenters. The van der Waals surface area contributed by atoms with Crippen molar-refractivity contribution in [1.82, 2.24) is 15.1 Å². The van der Waals surface area contributed by atoms with Gasteiger partial charge in [0, 0.05) is 26.2 Å². The molecule has 9 heteroatoms. The molecule has 2 aliphatic heterocycles. The van der Waals surface area contributed by atoms with Crippen LogP contribution in [0.15, 0.2) is 27.8 Å². The molecule has 0 aromatic carbocycles. The van der Waals surface area contributed by atoms with Crippen LogP contribution in [0.2, 0.25) is 0 Å². The number of amides is 2. The van der Waals surface area contributed by atoms with Crippen molar-refractivity contribution in [1.29, 1.82) is 0 Å². The number of furan rings is 1. The summed E-state index contributed by atoms with van der Waals surface area (Å²) in [7, 11) is 1.23. The standard InChI is InChI=1S/C15H18N4O5/c1-23-14(22)11-12(10-3-2-8-24-10)16-15(17-13(11)21)19-6-4-18(9-20)5-7-19/h2-3,8-9,11-12H,4-7H2,1H3,(H,16,17,21)/t11-,12-/m1/s1. The Morgan fingerprint density at radius 3 is 2.75 bits per heavy atom. The second-order valence-corrected chi connectivity index (χ2v) is 5.53. The van der Waals surface area contributed by atoms with E-state index in [1.807, 2.05) is 4.90 Å². The average Bonchev–Trinajstić information content (AvgIpc) is 3.15. The third kappa shape index (κ3) is 2.97. The van der Waals surface area contributed by atoms with Crippen LogP contribution >= 0.6 is 0 Å². The lowest BCUT2D eigenvalue weighted by atomic mass is 9.95. The molecule has 9 nitrogen and oxygen atoms in total. The summed E-state index contributed by atoms with van der Waals surface area (Å²) >= 11 is 0. The molecule has 3 rings (SSSR count). The lowest BCUT2D eigenvalue weighted by Gasteiger charge is -2.37. The number of aliphatic imine (C=N–C) groups is 1. The number of methoxy groups -OCH3 is 1. The molecule has 0 aliphatic carbocycles. The van der Waals surface area contributed by atoms with Gasteiger partial charge in [-0.3, -0.25) is 19.7 Å². The summed E-state index contributed by atoms with van der Waals surface area (Å²) in [6, 6.07) is 2.57. The van der Waals surface area contributed by atoms with Crippen molar-refractivity contribution < 1.29 is 23.5 Å². The molecule has 0 radical (unpaired) electrons. The predicted molar refractivity (Wildman–Crippen MR) is 81.7 cm³/mol. The van der Waals surface area contributed by atoms with Crippen molar-refractivity contribution in [3.05, 3.63) is 24.2 Å². The van der Waals surface area contributed by atoms with Crippen LogP contribution in [0, 0.1) is 5.92 Å². The quantitative estimate of drug-likeness (QED) is 0.448. The number of nitrogens with zero attached hydrogens (tertiary/aromatic N) is 3. The summed E-state index contributed by atoms with van der Waals surface area (Å²) in [6.45, 7) is 2.19. The largest absolute Gasteiger partial charge is 0.468 e. The lowest BCUT2D eigenvalue weighted by Crippen LogP contribution is -2.57. The van der Waals surface area contributed by atoms with Crippen molar-refractivity contribution in [3.8, 4) is 0 Å². The van der Waals surface area contributed by atoms with Crippen LogP contribution in [0.5, 0.6) is 0 Å². The molecule has 1 aromatic rings. The van der Waals surface area contributed by atoms with E-state index in [1.54, 1.807) is 17.0 Å². The van der Waals surface area contributed by atoms with E-state index in [0.717, 1.165) is 6.41 Å². The van der Waals surface area contributed by atoms with E-state index in [1.165, 1.54) is 13.4 Å². The molecule has 1 saturated heterocycles. The summed E-state index contributed by atoms with van der Waals surface area (Å²) in [5, 5.41) is 2.66. The Hall–Kier alpha value is -2.84. The summed E-state index contributed by atoms with van der Waals surface area (Å²) in [4.78, 5) is 43.3. The molecule has 0 unspecified atom stereocenters. The van der Waals surface area contributed by atoms with Crippen LogP contribution in [-0.4, -0.2) is 67.3 Å². The first-order chi connectivity index (χ1) is 11.6. The van der Waals surface area contributed by atoms with Crippen LogP contribution in [-0.2, 0) is 19.1 Å². The number of guanidine groups is 1. The summed E-state index contributed by atoms with van der Waals surface area (Å²) in [5.74, 6) is -1.44. The molecule has 0 spiro atoms. The van der Waals surface area contributed by atoms with Crippen LogP contribution in [0.1, 0.15) is 11.8 Å². The van der Waals surface area contributed by atoms with Gasteiger partial charge in [0.05, 0.1) is 13.4 Å². The number of rotatable bonds is 3. The highest BCUT2D eigenvalue weighted by Gasteiger charge is 2.43. The first-order valence-electron chi connectivity index (χ1n) is 7.58. The molecule has 1 aromatic heterocycles. The number of carbonyl (C=O) groups excluding carboxylic acids is 3. The van der Waals surface area contributed by atoms with Gasteiger partial charge in [-0.15, -0.1) is 0 Å². The zero-order valence-corrected chi connectivity index (χ0v) is 13.2. The number of piperazine rings is 1. The summed E-state index contributed by atoms with van der Waals surface area (Å²) in [5.41, 5.74) is 0. The van der Waals surface area contributed by atoms with Crippen molar-refractivity contribution in [2.75, 3.05) is 33.3 Å². The molecule has 1 N–H and O–H groups in total. The average molecular weight is 334 g/mol. The van der Waals surface area contributed by atoms with Crippen molar-refractivity contribution in [2.45, 2.75) is 6.04 Å². The van der Waals surface area contributed by atoms with Crippen molar-refractivity contribution in [2.24, 2.45) is 10.9 Å². The number of ether oxygens (including phenoxy) is 1. The van der Waals surface area contributed by atoms with E-state index < -0.39 is 23.8 Å². The van der Waals surface area contributed by atoms with E-state index >= 15 is 0 Å². The van der Waals surface area contributed by atoms with Gasteiger partial charge in [-0.2, -0.15) is 0 Å². The maximum Gasteiger partial charge on any atom is 0.320 e. The van der Waals surface area contributed by atoms with Crippen LogP contribution in [0.4, 0.5) is 0 Å². The zero-order chi connectivity index (χ0) is 17.1. The molecule has 0 bridgehead atoms. The fourth-order valence-electron chi connectivity index (χ4n) is 2.82. The van der Waals surface area contributed by atoms with E-state index in [9.17, 15) is 14.4 Å². The van der Waals surface area contributed by atoms with Gasteiger partial charge < -0.3 is 19.0 Å². The maximum absolute atomic E-state index is 12.4. The number of nitrogens with one attached hydrogen (secondary N) is 1. The molecule has 3 heterocycles. The fourth-order valence-corrected chi connectivity index (χ4v) is 2.82. The van der Waals surface area contributed by atoms with Gasteiger partial charge in [0.15, 0.2) is 5.92 Å². The third-order valence-electron chi connectivity index (χ3n) is 4.15. The normalized spacial score (nSPS) is 24.2. The summed E-state index contributed by atoms with van der Waals surface area (Å²) in [6.07, 6.45) is 2.27. The second kappa shape index (κ2) is 6.73. The first-order valence-corrected chi connectivity index (χ1v) is 7.58. The third-order valence-corrected chi connectivity index (χ3v) is 4.15. The summed E-state index contributed by atoms with van der Waals surface area (Å²) < 4.78 is 10.1. The molecular weight excluding hydrogens is 316 g/mol. The van der Waals surface area contributed by atoms with Gasteiger partial charge >= 0.3 is 5.97 Å². The van der Waals surface area contributed by atoms with E-state index in [4.69, 9.17) is 9.15 Å². The Kier molecular flexibility index (Phi) is 4.50. The van der Waals surface area contributed by atoms with Gasteiger partial charge in [0.25, 0.3) is 0 Å². The Balaban J connectivity index is 1.87. The molecule has 128 valence electrons. The van der Waals surface area contributed by atoms with E-state index in [2.05, 4.69) is 10.3 Å². The molecule has 1 fully saturated rings. The Morgan fingerprint density at radius 1 is 1.42 bits per heavy atom. The molecule has 0 saturated carbocycles. The monoisotopic (exact) mass is 334 g/mol. The SMILES string of the molecule is COC(=O)[C@H]1C(=O)NC(N2CCN(C=O)CC2)=N[C@@H]1c1ccco1. The smallest absolute Gasteiger partial charge is 0.320 e. The van der Waals surface area contributed by atoms with Gasteiger partial charge in [-0.1, -0.05) is 0 Å². The predicted octanol–water partition coefficient (Wildman–Crippen LogP) is -0.630. The Morgan fingerprint density at radius 2 is 2.17 bits per heavy atom. The van der Waals surface area contributed by atoms with Gasteiger partial charge in [0.1, 0.15) is 11.8 Å². The van der Waals surface area contributed by atoms with Crippen LogP contribution in [0.3, 0.4) is 0 Å².